The molecule has 9 heteroatoms. The number of hydrazine groups is 1. The Morgan fingerprint density at radius 2 is 1.83 bits per heavy atom. The van der Waals surface area contributed by atoms with Gasteiger partial charge in [0.05, 0.1) is 0 Å². The highest BCUT2D eigenvalue weighted by Crippen LogP contribution is 2.10. The number of urea groups is 1. The number of halogens is 1. The van der Waals surface area contributed by atoms with Crippen LogP contribution in [0.15, 0.2) is 24.3 Å². The second-order valence-electron chi connectivity index (χ2n) is 5.15. The van der Waals surface area contributed by atoms with E-state index in [4.69, 9.17) is 10.5 Å². The van der Waals surface area contributed by atoms with E-state index in [0.29, 0.717) is 12.2 Å². The molecule has 0 spiro atoms. The van der Waals surface area contributed by atoms with Gasteiger partial charge in [-0.25, -0.2) is 9.18 Å². The lowest BCUT2D eigenvalue weighted by atomic mass is 9.99. The molecule has 1 rings (SSSR count). The number of hydrogen-bond donors (Lipinski definition) is 4. The summed E-state index contributed by atoms with van der Waals surface area (Å²) < 4.78 is 17.9. The quantitative estimate of drug-likeness (QED) is 0.538. The van der Waals surface area contributed by atoms with Crippen LogP contribution in [0.5, 0.6) is 5.75 Å². The molecule has 1 aromatic rings. The average molecular weight is 340 g/mol. The third-order valence-electron chi connectivity index (χ3n) is 3.30. The van der Waals surface area contributed by atoms with Crippen molar-refractivity contribution in [2.75, 3.05) is 6.61 Å². The molecule has 0 saturated carbocycles. The Bertz CT molecular complexity index is 579. The Morgan fingerprint density at radius 3 is 2.38 bits per heavy atom. The van der Waals surface area contributed by atoms with E-state index in [1.54, 1.807) is 6.92 Å². The summed E-state index contributed by atoms with van der Waals surface area (Å²) in [6.07, 6.45) is 0.625. The first kappa shape index (κ1) is 19.2. The van der Waals surface area contributed by atoms with Crippen molar-refractivity contribution < 1.29 is 23.5 Å². The lowest BCUT2D eigenvalue weighted by Crippen LogP contribution is -2.56. The number of benzene rings is 1. The molecular formula is C15H21FN4O4. The summed E-state index contributed by atoms with van der Waals surface area (Å²) in [6, 6.07) is 3.43. The van der Waals surface area contributed by atoms with Crippen molar-refractivity contribution in [3.05, 3.63) is 30.1 Å². The van der Waals surface area contributed by atoms with Gasteiger partial charge < -0.3 is 15.8 Å². The number of hydrogen-bond acceptors (Lipinski definition) is 4. The lowest BCUT2D eigenvalue weighted by Gasteiger charge is -2.22. The van der Waals surface area contributed by atoms with Crippen LogP contribution in [0.3, 0.4) is 0 Å². The van der Waals surface area contributed by atoms with Crippen LogP contribution in [0.1, 0.15) is 20.3 Å². The molecule has 132 valence electrons. The van der Waals surface area contributed by atoms with Gasteiger partial charge in [-0.3, -0.25) is 20.4 Å². The molecule has 0 heterocycles. The van der Waals surface area contributed by atoms with Crippen molar-refractivity contribution >= 4 is 17.8 Å². The fourth-order valence-corrected chi connectivity index (χ4v) is 1.78. The molecular weight excluding hydrogens is 319 g/mol. The molecule has 24 heavy (non-hydrogen) atoms. The van der Waals surface area contributed by atoms with Gasteiger partial charge in [0.2, 0.25) is 0 Å². The van der Waals surface area contributed by atoms with E-state index in [1.807, 2.05) is 6.92 Å². The maximum absolute atomic E-state index is 12.7. The van der Waals surface area contributed by atoms with Crippen molar-refractivity contribution in [3.63, 3.8) is 0 Å². The SMILES string of the molecule is CC[C@H](C)[C@H](NC(N)=O)C(=O)NNC(=O)COc1ccc(F)cc1. The molecule has 4 amide bonds. The van der Waals surface area contributed by atoms with Gasteiger partial charge in [-0.1, -0.05) is 20.3 Å². The number of nitrogens with one attached hydrogen (secondary N) is 3. The van der Waals surface area contributed by atoms with Gasteiger partial charge in [-0.15, -0.1) is 0 Å². The Morgan fingerprint density at radius 1 is 1.21 bits per heavy atom. The molecule has 5 N–H and O–H groups in total. The highest BCUT2D eigenvalue weighted by atomic mass is 19.1. The molecule has 0 fully saturated rings. The van der Waals surface area contributed by atoms with Gasteiger partial charge in [0.1, 0.15) is 17.6 Å². The Labute approximate surface area is 138 Å². The minimum Gasteiger partial charge on any atom is -0.484 e. The predicted octanol–water partition coefficient (Wildman–Crippen LogP) is 0.435. The molecule has 2 atom stereocenters. The topological polar surface area (TPSA) is 123 Å². The first-order valence-corrected chi connectivity index (χ1v) is 7.36. The van der Waals surface area contributed by atoms with Crippen LogP contribution in [0.25, 0.3) is 0 Å². The first-order valence-electron chi connectivity index (χ1n) is 7.36. The number of carbonyl (C=O) groups excluding carboxylic acids is 3. The Hall–Kier alpha value is -2.84. The fraction of sp³-hybridized carbons (Fsp3) is 0.400. The van der Waals surface area contributed by atoms with E-state index in [2.05, 4.69) is 16.2 Å². The van der Waals surface area contributed by atoms with Gasteiger partial charge in [-0.2, -0.15) is 0 Å². The van der Waals surface area contributed by atoms with Crippen LogP contribution in [-0.4, -0.2) is 30.5 Å². The maximum Gasteiger partial charge on any atom is 0.312 e. The van der Waals surface area contributed by atoms with E-state index >= 15 is 0 Å². The second-order valence-corrected chi connectivity index (χ2v) is 5.15. The Balaban J connectivity index is 2.44. The Kier molecular flexibility index (Phi) is 7.47. The minimum absolute atomic E-state index is 0.176. The molecule has 0 aliphatic heterocycles. The van der Waals surface area contributed by atoms with Crippen molar-refractivity contribution in [1.29, 1.82) is 0 Å². The zero-order chi connectivity index (χ0) is 18.1. The highest BCUT2D eigenvalue weighted by Gasteiger charge is 2.25. The number of rotatable bonds is 7. The van der Waals surface area contributed by atoms with Crippen molar-refractivity contribution in [3.8, 4) is 5.75 Å². The molecule has 0 saturated heterocycles. The summed E-state index contributed by atoms with van der Waals surface area (Å²) in [7, 11) is 0. The second kappa shape index (κ2) is 9.33. The first-order chi connectivity index (χ1) is 11.3. The van der Waals surface area contributed by atoms with Crippen LogP contribution in [0, 0.1) is 11.7 Å². The smallest absolute Gasteiger partial charge is 0.312 e. The molecule has 0 unspecified atom stereocenters. The molecule has 0 aromatic heterocycles. The zero-order valence-corrected chi connectivity index (χ0v) is 13.5. The standard InChI is InChI=1S/C15H21FN4O4/c1-3-9(2)13(18-15(17)23)14(22)20-19-12(21)8-24-11-6-4-10(16)5-7-11/h4-7,9,13H,3,8H2,1-2H3,(H,19,21)(H,20,22)(H3,17,18,23)/t9-,13-/m0/s1. The van der Waals surface area contributed by atoms with E-state index in [0.717, 1.165) is 0 Å². The maximum atomic E-state index is 12.7. The van der Waals surface area contributed by atoms with Gasteiger partial charge in [0.15, 0.2) is 6.61 Å². The van der Waals surface area contributed by atoms with Crippen LogP contribution >= 0.6 is 0 Å². The van der Waals surface area contributed by atoms with E-state index < -0.39 is 29.7 Å². The number of amides is 4. The molecule has 0 bridgehead atoms. The minimum atomic E-state index is -0.870. The number of primary amides is 1. The van der Waals surface area contributed by atoms with Crippen LogP contribution in [-0.2, 0) is 9.59 Å². The molecule has 0 radical (unpaired) electrons. The van der Waals surface area contributed by atoms with Gasteiger partial charge in [0.25, 0.3) is 11.8 Å². The lowest BCUT2D eigenvalue weighted by molar-refractivity contribution is -0.131. The largest absolute Gasteiger partial charge is 0.484 e. The van der Waals surface area contributed by atoms with E-state index in [-0.39, 0.29) is 12.5 Å². The number of ether oxygens (including phenoxy) is 1. The zero-order valence-electron chi connectivity index (χ0n) is 13.5. The normalized spacial score (nSPS) is 12.6. The monoisotopic (exact) mass is 340 g/mol. The molecule has 0 aliphatic rings. The van der Waals surface area contributed by atoms with E-state index in [1.165, 1.54) is 24.3 Å². The third-order valence-corrected chi connectivity index (χ3v) is 3.30. The fourth-order valence-electron chi connectivity index (χ4n) is 1.78. The summed E-state index contributed by atoms with van der Waals surface area (Å²) >= 11 is 0. The average Bonchev–Trinajstić information content (AvgIpc) is 2.56. The summed E-state index contributed by atoms with van der Waals surface area (Å²) in [5.41, 5.74) is 9.41. The third kappa shape index (κ3) is 6.51. The number of carbonyl (C=O) groups is 3. The molecule has 0 aliphatic carbocycles. The van der Waals surface area contributed by atoms with Crippen molar-refractivity contribution in [2.45, 2.75) is 26.3 Å². The van der Waals surface area contributed by atoms with Crippen molar-refractivity contribution in [2.24, 2.45) is 11.7 Å². The number of nitrogens with two attached hydrogens (primary N) is 1. The van der Waals surface area contributed by atoms with E-state index in [9.17, 15) is 18.8 Å². The summed E-state index contributed by atoms with van der Waals surface area (Å²) in [5, 5.41) is 2.33. The highest BCUT2D eigenvalue weighted by molar-refractivity contribution is 5.88. The van der Waals surface area contributed by atoms with Crippen LogP contribution < -0.4 is 26.6 Å². The van der Waals surface area contributed by atoms with Gasteiger partial charge in [-0.05, 0) is 30.2 Å². The molecule has 8 nitrogen and oxygen atoms in total. The summed E-state index contributed by atoms with van der Waals surface area (Å²) in [6.45, 7) is 3.24. The van der Waals surface area contributed by atoms with Gasteiger partial charge >= 0.3 is 6.03 Å². The summed E-state index contributed by atoms with van der Waals surface area (Å²) in [4.78, 5) is 34.6. The van der Waals surface area contributed by atoms with Crippen molar-refractivity contribution in [1.82, 2.24) is 16.2 Å². The predicted molar refractivity (Wildman–Crippen MR) is 84.1 cm³/mol. The molecule has 1 aromatic carbocycles. The summed E-state index contributed by atoms with van der Waals surface area (Å²) in [5.74, 6) is -1.50. The van der Waals surface area contributed by atoms with Crippen LogP contribution in [0.2, 0.25) is 0 Å². The van der Waals surface area contributed by atoms with Crippen LogP contribution in [0.4, 0.5) is 9.18 Å². The van der Waals surface area contributed by atoms with Gasteiger partial charge in [0, 0.05) is 0 Å².